The van der Waals surface area contributed by atoms with Gasteiger partial charge in [0.05, 0.1) is 11.1 Å². The van der Waals surface area contributed by atoms with Crippen LogP contribution >= 0.6 is 23.2 Å². The highest BCUT2D eigenvalue weighted by atomic mass is 35.5. The Labute approximate surface area is 225 Å². The monoisotopic (exact) mass is 548 g/mol. The molecule has 0 bridgehead atoms. The van der Waals surface area contributed by atoms with Gasteiger partial charge in [0.1, 0.15) is 23.6 Å². The fraction of sp³-hybridized carbons (Fsp3) is 0.464. The van der Waals surface area contributed by atoms with Crippen LogP contribution < -0.4 is 10.6 Å². The normalized spacial score (nSPS) is 24.8. The Bertz CT molecular complexity index is 1250. The standard InChI is InChI=1S/C28H31Cl2FN2O4/c1-27(2,3)13-23-28(18-11-20(31)19(30)12-21(18)32-26(28)37)24(15-6-4-7-16(29)10-15)25(33-23)22(36)9-5-8-17(35)14-34/h4,6-7,10-12,23-25,33-34H,5,8-9,13-14H2,1-3H3,(H,32,37)/t23-,24+,25+,28+/m1/s1. The van der Waals surface area contributed by atoms with E-state index in [4.69, 9.17) is 28.3 Å². The number of anilines is 1. The van der Waals surface area contributed by atoms with Crippen molar-refractivity contribution in [3.63, 3.8) is 0 Å². The lowest BCUT2D eigenvalue weighted by molar-refractivity contribution is -0.123. The second-order valence-corrected chi connectivity index (χ2v) is 12.0. The first-order chi connectivity index (χ1) is 17.4. The van der Waals surface area contributed by atoms with E-state index in [1.807, 2.05) is 26.8 Å². The number of hydrogen-bond acceptors (Lipinski definition) is 5. The van der Waals surface area contributed by atoms with Crippen molar-refractivity contribution in [3.05, 3.63) is 63.4 Å². The van der Waals surface area contributed by atoms with Crippen LogP contribution in [0.1, 0.15) is 63.5 Å². The summed E-state index contributed by atoms with van der Waals surface area (Å²) >= 11 is 12.4. The van der Waals surface area contributed by atoms with Crippen molar-refractivity contribution in [2.24, 2.45) is 5.41 Å². The number of aliphatic hydroxyl groups is 1. The van der Waals surface area contributed by atoms with Crippen LogP contribution in [0, 0.1) is 11.2 Å². The molecule has 4 rings (SSSR count). The molecule has 6 nitrogen and oxygen atoms in total. The van der Waals surface area contributed by atoms with Gasteiger partial charge in [-0.05, 0) is 53.6 Å². The molecule has 1 amide bonds. The van der Waals surface area contributed by atoms with Gasteiger partial charge >= 0.3 is 0 Å². The van der Waals surface area contributed by atoms with Crippen molar-refractivity contribution < 1.29 is 23.9 Å². The molecule has 1 spiro atoms. The molecular formula is C28H31Cl2FN2O4. The maximum absolute atomic E-state index is 14.9. The number of fused-ring (bicyclic) bond motifs is 2. The maximum Gasteiger partial charge on any atom is 0.237 e. The van der Waals surface area contributed by atoms with Crippen LogP contribution in [0.4, 0.5) is 10.1 Å². The Hall–Kier alpha value is -2.32. The van der Waals surface area contributed by atoms with Gasteiger partial charge in [-0.2, -0.15) is 0 Å². The molecule has 0 unspecified atom stereocenters. The Kier molecular flexibility index (Phi) is 7.82. The molecule has 3 N–H and O–H groups in total. The summed E-state index contributed by atoms with van der Waals surface area (Å²) in [6, 6.07) is 8.47. The van der Waals surface area contributed by atoms with Gasteiger partial charge in [-0.25, -0.2) is 4.39 Å². The van der Waals surface area contributed by atoms with Crippen molar-refractivity contribution in [2.45, 2.75) is 69.9 Å². The molecule has 2 heterocycles. The topological polar surface area (TPSA) is 95.5 Å². The molecule has 0 radical (unpaired) electrons. The van der Waals surface area contributed by atoms with Gasteiger partial charge in [0, 0.05) is 35.5 Å². The molecule has 37 heavy (non-hydrogen) atoms. The minimum atomic E-state index is -1.31. The molecule has 4 atom stereocenters. The number of Topliss-reactive ketones (excluding diaryl/α,β-unsaturated/α-hetero) is 2. The molecule has 198 valence electrons. The lowest BCUT2D eigenvalue weighted by Gasteiger charge is -2.37. The minimum Gasteiger partial charge on any atom is -0.389 e. The number of halogens is 3. The number of aliphatic hydroxyl groups excluding tert-OH is 1. The molecule has 2 aromatic carbocycles. The number of rotatable bonds is 8. The van der Waals surface area contributed by atoms with Crippen LogP contribution in [0.15, 0.2) is 36.4 Å². The van der Waals surface area contributed by atoms with E-state index >= 15 is 0 Å². The van der Waals surface area contributed by atoms with Crippen LogP contribution in [0.2, 0.25) is 10.0 Å². The molecule has 0 aromatic heterocycles. The molecule has 1 saturated heterocycles. The van der Waals surface area contributed by atoms with Gasteiger partial charge in [-0.1, -0.05) is 56.1 Å². The molecular weight excluding hydrogens is 518 g/mol. The van der Waals surface area contributed by atoms with E-state index in [1.165, 1.54) is 12.1 Å². The second-order valence-electron chi connectivity index (χ2n) is 11.1. The van der Waals surface area contributed by atoms with Gasteiger partial charge in [-0.15, -0.1) is 0 Å². The second kappa shape index (κ2) is 10.4. The highest BCUT2D eigenvalue weighted by Crippen LogP contribution is 2.57. The van der Waals surface area contributed by atoms with E-state index in [1.54, 1.807) is 18.2 Å². The van der Waals surface area contributed by atoms with E-state index in [0.717, 1.165) is 0 Å². The zero-order valence-corrected chi connectivity index (χ0v) is 22.5. The Morgan fingerprint density at radius 1 is 1.14 bits per heavy atom. The van der Waals surface area contributed by atoms with E-state index in [2.05, 4.69) is 10.6 Å². The number of carbonyl (C=O) groups excluding carboxylic acids is 3. The highest BCUT2D eigenvalue weighted by molar-refractivity contribution is 6.31. The predicted molar refractivity (Wildman–Crippen MR) is 142 cm³/mol. The number of hydrogen-bond donors (Lipinski definition) is 3. The maximum atomic E-state index is 14.9. The fourth-order valence-corrected chi connectivity index (χ4v) is 6.24. The number of carbonyl (C=O) groups is 3. The SMILES string of the molecule is CC(C)(C)C[C@H]1N[C@@H](C(=O)CCCC(=O)CO)[C@H](c2cccc(Cl)c2)[C@@]12C(=O)Nc1cc(Cl)c(F)cc12. The molecule has 2 aliphatic rings. The van der Waals surface area contributed by atoms with Crippen LogP contribution in [0.25, 0.3) is 0 Å². The fourth-order valence-electron chi connectivity index (χ4n) is 5.88. The first kappa shape index (κ1) is 27.7. The van der Waals surface area contributed by atoms with Crippen LogP contribution in [-0.2, 0) is 19.8 Å². The van der Waals surface area contributed by atoms with Crippen molar-refractivity contribution in [3.8, 4) is 0 Å². The van der Waals surface area contributed by atoms with Crippen molar-refractivity contribution in [1.29, 1.82) is 0 Å². The van der Waals surface area contributed by atoms with E-state index < -0.39 is 35.8 Å². The van der Waals surface area contributed by atoms with Crippen LogP contribution in [-0.4, -0.2) is 41.3 Å². The summed E-state index contributed by atoms with van der Waals surface area (Å²) < 4.78 is 14.9. The summed E-state index contributed by atoms with van der Waals surface area (Å²) in [5, 5.41) is 15.7. The summed E-state index contributed by atoms with van der Waals surface area (Å²) in [4.78, 5) is 39.3. The van der Waals surface area contributed by atoms with Crippen molar-refractivity contribution in [1.82, 2.24) is 5.32 Å². The molecule has 0 aliphatic carbocycles. The molecule has 2 aromatic rings. The largest absolute Gasteiger partial charge is 0.389 e. The molecule has 9 heteroatoms. The zero-order chi connectivity index (χ0) is 27.1. The zero-order valence-electron chi connectivity index (χ0n) is 21.0. The molecule has 2 aliphatic heterocycles. The van der Waals surface area contributed by atoms with Crippen molar-refractivity contribution in [2.75, 3.05) is 11.9 Å². The first-order valence-corrected chi connectivity index (χ1v) is 13.1. The van der Waals surface area contributed by atoms with Gasteiger partial charge in [-0.3, -0.25) is 14.4 Å². The Morgan fingerprint density at radius 2 is 1.86 bits per heavy atom. The third kappa shape index (κ3) is 5.19. The van der Waals surface area contributed by atoms with Gasteiger partial charge in [0.2, 0.25) is 5.91 Å². The van der Waals surface area contributed by atoms with Gasteiger partial charge < -0.3 is 15.7 Å². The number of amides is 1. The highest BCUT2D eigenvalue weighted by Gasteiger charge is 2.65. The van der Waals surface area contributed by atoms with E-state index in [0.29, 0.717) is 28.3 Å². The third-order valence-electron chi connectivity index (χ3n) is 7.31. The van der Waals surface area contributed by atoms with E-state index in [9.17, 15) is 18.8 Å². The Morgan fingerprint density at radius 3 is 2.51 bits per heavy atom. The van der Waals surface area contributed by atoms with Crippen LogP contribution in [0.5, 0.6) is 0 Å². The summed E-state index contributed by atoms with van der Waals surface area (Å²) in [5.41, 5.74) is 0.0189. The average molecular weight is 549 g/mol. The van der Waals surface area contributed by atoms with Crippen LogP contribution in [0.3, 0.4) is 0 Å². The number of nitrogens with one attached hydrogen (secondary N) is 2. The lowest BCUT2D eigenvalue weighted by atomic mass is 9.62. The minimum absolute atomic E-state index is 0.0837. The van der Waals surface area contributed by atoms with Gasteiger partial charge in [0.25, 0.3) is 0 Å². The number of benzene rings is 2. The predicted octanol–water partition coefficient (Wildman–Crippen LogP) is 5.18. The average Bonchev–Trinajstić information content (AvgIpc) is 3.28. The van der Waals surface area contributed by atoms with Crippen molar-refractivity contribution >= 4 is 46.4 Å². The third-order valence-corrected chi connectivity index (χ3v) is 7.84. The summed E-state index contributed by atoms with van der Waals surface area (Å²) in [6.45, 7) is 5.57. The van der Waals surface area contributed by atoms with E-state index in [-0.39, 0.29) is 47.2 Å². The number of ketones is 2. The molecule has 1 fully saturated rings. The molecule has 0 saturated carbocycles. The quantitative estimate of drug-likeness (QED) is 0.422. The Balaban J connectivity index is 1.89. The summed E-state index contributed by atoms with van der Waals surface area (Å²) in [7, 11) is 0. The van der Waals surface area contributed by atoms with Gasteiger partial charge in [0.15, 0.2) is 5.78 Å². The summed E-state index contributed by atoms with van der Waals surface area (Å²) in [6.07, 6.45) is 0.971. The summed E-state index contributed by atoms with van der Waals surface area (Å²) in [5.74, 6) is -2.17. The lowest BCUT2D eigenvalue weighted by Crippen LogP contribution is -2.49. The first-order valence-electron chi connectivity index (χ1n) is 12.4. The smallest absolute Gasteiger partial charge is 0.237 e.